The quantitative estimate of drug-likeness (QED) is 0.611. The van der Waals surface area contributed by atoms with E-state index in [1.165, 1.54) is 37.3 Å². The zero-order chi connectivity index (χ0) is 18.9. The van der Waals surface area contributed by atoms with Crippen molar-refractivity contribution < 1.29 is 23.5 Å². The van der Waals surface area contributed by atoms with Gasteiger partial charge in [-0.2, -0.15) is 0 Å². The van der Waals surface area contributed by atoms with Gasteiger partial charge >= 0.3 is 5.97 Å². The molecular weight excluding hydrogens is 337 g/mol. The van der Waals surface area contributed by atoms with Crippen molar-refractivity contribution in [3.05, 3.63) is 71.6 Å². The maximum Gasteiger partial charge on any atom is 0.328 e. The lowest BCUT2D eigenvalue weighted by Crippen LogP contribution is -2.38. The second-order valence-corrected chi connectivity index (χ2v) is 5.57. The van der Waals surface area contributed by atoms with Gasteiger partial charge in [0.2, 0.25) is 5.91 Å². The molecule has 0 bridgehead atoms. The highest BCUT2D eigenvalue weighted by Gasteiger charge is 2.15. The minimum atomic E-state index is -0.802. The van der Waals surface area contributed by atoms with Gasteiger partial charge in [0.1, 0.15) is 24.2 Å². The summed E-state index contributed by atoms with van der Waals surface area (Å²) in [6.45, 7) is 1.55. The highest BCUT2D eigenvalue weighted by Crippen LogP contribution is 2.12. The van der Waals surface area contributed by atoms with Gasteiger partial charge in [-0.25, -0.2) is 9.18 Å². The van der Waals surface area contributed by atoms with Crippen LogP contribution in [-0.2, 0) is 20.9 Å². The van der Waals surface area contributed by atoms with Gasteiger partial charge in [-0.3, -0.25) is 4.79 Å². The van der Waals surface area contributed by atoms with E-state index < -0.39 is 17.9 Å². The first kappa shape index (κ1) is 19.2. The number of carbonyl (C=O) groups excluding carboxylic acids is 2. The van der Waals surface area contributed by atoms with E-state index in [1.54, 1.807) is 25.3 Å². The summed E-state index contributed by atoms with van der Waals surface area (Å²) in [5, 5.41) is 2.53. The lowest BCUT2D eigenvalue weighted by molar-refractivity contribution is -0.148. The Morgan fingerprint density at radius 3 is 2.38 bits per heavy atom. The number of rotatable bonds is 7. The van der Waals surface area contributed by atoms with Crippen molar-refractivity contribution in [1.29, 1.82) is 0 Å². The first-order valence-corrected chi connectivity index (χ1v) is 8.01. The van der Waals surface area contributed by atoms with Gasteiger partial charge < -0.3 is 14.8 Å². The smallest absolute Gasteiger partial charge is 0.328 e. The standard InChI is InChI=1S/C20H20FNO4/c1-14(20(24)26-13-16-3-8-17(21)9-4-16)22-19(23)12-7-15-5-10-18(25-2)11-6-15/h3-12,14H,13H2,1-2H3,(H,22,23)/b12-7+/t14-/m0/s1. The molecule has 0 spiro atoms. The van der Waals surface area contributed by atoms with Gasteiger partial charge in [-0.1, -0.05) is 24.3 Å². The second kappa shape index (κ2) is 9.36. The molecule has 136 valence electrons. The van der Waals surface area contributed by atoms with E-state index in [1.807, 2.05) is 12.1 Å². The van der Waals surface area contributed by atoms with Crippen LogP contribution >= 0.6 is 0 Å². The van der Waals surface area contributed by atoms with Gasteiger partial charge in [0.25, 0.3) is 0 Å². The van der Waals surface area contributed by atoms with Crippen LogP contribution in [0.3, 0.4) is 0 Å². The minimum absolute atomic E-state index is 0.0149. The third-order valence-electron chi connectivity index (χ3n) is 3.55. The zero-order valence-electron chi connectivity index (χ0n) is 14.6. The molecule has 1 N–H and O–H groups in total. The maximum atomic E-state index is 12.8. The fourth-order valence-corrected chi connectivity index (χ4v) is 2.07. The molecule has 5 nitrogen and oxygen atoms in total. The van der Waals surface area contributed by atoms with Crippen molar-refractivity contribution in [3.63, 3.8) is 0 Å². The Morgan fingerprint density at radius 1 is 1.12 bits per heavy atom. The average Bonchev–Trinajstić information content (AvgIpc) is 2.66. The number of hydrogen-bond donors (Lipinski definition) is 1. The largest absolute Gasteiger partial charge is 0.497 e. The fraction of sp³-hybridized carbons (Fsp3) is 0.200. The molecule has 0 aliphatic heterocycles. The van der Waals surface area contributed by atoms with Crippen molar-refractivity contribution in [2.75, 3.05) is 7.11 Å². The van der Waals surface area contributed by atoms with E-state index in [9.17, 15) is 14.0 Å². The van der Waals surface area contributed by atoms with Crippen LogP contribution < -0.4 is 10.1 Å². The number of hydrogen-bond acceptors (Lipinski definition) is 4. The Morgan fingerprint density at radius 2 is 1.77 bits per heavy atom. The minimum Gasteiger partial charge on any atom is -0.497 e. The SMILES string of the molecule is COc1ccc(/C=C/C(=O)N[C@@H](C)C(=O)OCc2ccc(F)cc2)cc1. The molecule has 2 aromatic rings. The number of ether oxygens (including phenoxy) is 2. The molecule has 26 heavy (non-hydrogen) atoms. The molecule has 0 saturated carbocycles. The van der Waals surface area contributed by atoms with E-state index in [2.05, 4.69) is 5.32 Å². The predicted octanol–water partition coefficient (Wildman–Crippen LogP) is 3.10. The molecule has 0 aromatic heterocycles. The molecule has 1 atom stereocenters. The molecule has 2 rings (SSSR count). The Labute approximate surface area is 151 Å². The fourth-order valence-electron chi connectivity index (χ4n) is 2.07. The lowest BCUT2D eigenvalue weighted by Gasteiger charge is -2.12. The summed E-state index contributed by atoms with van der Waals surface area (Å²) >= 11 is 0. The summed E-state index contributed by atoms with van der Waals surface area (Å²) in [6, 6.07) is 12.0. The third-order valence-corrected chi connectivity index (χ3v) is 3.55. The number of carbonyl (C=O) groups is 2. The van der Waals surface area contributed by atoms with E-state index in [-0.39, 0.29) is 12.4 Å². The van der Waals surface area contributed by atoms with Crippen LogP contribution in [0.15, 0.2) is 54.6 Å². The summed E-state index contributed by atoms with van der Waals surface area (Å²) < 4.78 is 23.0. The normalized spacial score (nSPS) is 11.8. The van der Waals surface area contributed by atoms with Crippen LogP contribution in [0.1, 0.15) is 18.1 Å². The Balaban J connectivity index is 1.80. The van der Waals surface area contributed by atoms with Gasteiger partial charge in [0, 0.05) is 6.08 Å². The molecule has 0 fully saturated rings. The third kappa shape index (κ3) is 6.05. The summed E-state index contributed by atoms with van der Waals surface area (Å²) in [7, 11) is 1.58. The van der Waals surface area contributed by atoms with E-state index in [4.69, 9.17) is 9.47 Å². The number of halogens is 1. The zero-order valence-corrected chi connectivity index (χ0v) is 14.6. The van der Waals surface area contributed by atoms with Crippen molar-refractivity contribution in [1.82, 2.24) is 5.32 Å². The molecule has 0 aliphatic rings. The summed E-state index contributed by atoms with van der Waals surface area (Å²) in [5.74, 6) is -0.610. The van der Waals surface area contributed by atoms with E-state index >= 15 is 0 Å². The monoisotopic (exact) mass is 357 g/mol. The highest BCUT2D eigenvalue weighted by molar-refractivity contribution is 5.94. The molecule has 0 heterocycles. The molecule has 1 amide bonds. The van der Waals surface area contributed by atoms with Crippen LogP contribution in [0.5, 0.6) is 5.75 Å². The summed E-state index contributed by atoms with van der Waals surface area (Å²) in [6.07, 6.45) is 2.97. The predicted molar refractivity (Wildman–Crippen MR) is 95.8 cm³/mol. The van der Waals surface area contributed by atoms with Crippen molar-refractivity contribution in [3.8, 4) is 5.75 Å². The van der Waals surface area contributed by atoms with Crippen LogP contribution in [0.4, 0.5) is 4.39 Å². The first-order chi connectivity index (χ1) is 12.5. The number of nitrogens with one attached hydrogen (secondary N) is 1. The molecule has 0 unspecified atom stereocenters. The number of benzene rings is 2. The van der Waals surface area contributed by atoms with Crippen molar-refractivity contribution in [2.45, 2.75) is 19.6 Å². The van der Waals surface area contributed by atoms with Gasteiger partial charge in [0.15, 0.2) is 0 Å². The lowest BCUT2D eigenvalue weighted by atomic mass is 10.2. The van der Waals surface area contributed by atoms with Crippen LogP contribution in [0, 0.1) is 5.82 Å². The van der Waals surface area contributed by atoms with E-state index in [0.717, 1.165) is 11.3 Å². The van der Waals surface area contributed by atoms with Crippen molar-refractivity contribution >= 4 is 18.0 Å². The Bertz CT molecular complexity index is 769. The first-order valence-electron chi connectivity index (χ1n) is 8.01. The van der Waals surface area contributed by atoms with Crippen molar-refractivity contribution in [2.24, 2.45) is 0 Å². The topological polar surface area (TPSA) is 64.6 Å². The van der Waals surface area contributed by atoms with Gasteiger partial charge in [0.05, 0.1) is 7.11 Å². The van der Waals surface area contributed by atoms with Gasteiger partial charge in [-0.05, 0) is 48.4 Å². The molecular formula is C20H20FNO4. The van der Waals surface area contributed by atoms with Crippen LogP contribution in [0.2, 0.25) is 0 Å². The van der Waals surface area contributed by atoms with E-state index in [0.29, 0.717) is 5.56 Å². The summed E-state index contributed by atoms with van der Waals surface area (Å²) in [5.41, 5.74) is 1.49. The number of methoxy groups -OCH3 is 1. The molecule has 0 aliphatic carbocycles. The molecule has 2 aromatic carbocycles. The number of amides is 1. The Kier molecular flexibility index (Phi) is 6.91. The molecule has 0 saturated heterocycles. The average molecular weight is 357 g/mol. The molecule has 6 heteroatoms. The maximum absolute atomic E-state index is 12.8. The second-order valence-electron chi connectivity index (χ2n) is 5.57. The number of esters is 1. The summed E-state index contributed by atoms with van der Waals surface area (Å²) in [4.78, 5) is 23.8. The Hall–Kier alpha value is -3.15. The van der Waals surface area contributed by atoms with Crippen LogP contribution in [0.25, 0.3) is 6.08 Å². The molecule has 0 radical (unpaired) electrons. The van der Waals surface area contributed by atoms with Crippen LogP contribution in [-0.4, -0.2) is 25.0 Å². The van der Waals surface area contributed by atoms with Gasteiger partial charge in [-0.15, -0.1) is 0 Å². The highest BCUT2D eigenvalue weighted by atomic mass is 19.1.